The van der Waals surface area contributed by atoms with Gasteiger partial charge in [0.2, 0.25) is 0 Å². The molecule has 0 unspecified atom stereocenters. The molecule has 0 aliphatic carbocycles. The van der Waals surface area contributed by atoms with E-state index < -0.39 is 10.2 Å². The first kappa shape index (κ1) is 8.95. The van der Waals surface area contributed by atoms with Gasteiger partial charge in [-0.25, -0.2) is 5.14 Å². The van der Waals surface area contributed by atoms with Crippen molar-refractivity contribution in [3.63, 3.8) is 0 Å². The van der Waals surface area contributed by atoms with Crippen LogP contribution in [0.2, 0.25) is 0 Å². The fourth-order valence-electron chi connectivity index (χ4n) is 0.687. The van der Waals surface area contributed by atoms with Gasteiger partial charge in [0.1, 0.15) is 0 Å². The molecule has 0 saturated carbocycles. The molecule has 12 heavy (non-hydrogen) atoms. The lowest BCUT2D eigenvalue weighted by Crippen LogP contribution is -2.33. The molecule has 0 fully saturated rings. The summed E-state index contributed by atoms with van der Waals surface area (Å²) >= 11 is 0. The van der Waals surface area contributed by atoms with Crippen molar-refractivity contribution in [3.8, 4) is 0 Å². The highest BCUT2D eigenvalue weighted by Crippen LogP contribution is 2.10. The Hall–Kier alpha value is -1.14. The number of anilines is 1. The van der Waals surface area contributed by atoms with Crippen molar-refractivity contribution < 1.29 is 8.42 Å². The largest absolute Gasteiger partial charge is 0.298 e. The van der Waals surface area contributed by atoms with Gasteiger partial charge in [0.25, 0.3) is 10.2 Å². The van der Waals surface area contributed by atoms with E-state index in [1.165, 1.54) is 13.2 Å². The highest BCUT2D eigenvalue weighted by atomic mass is 32.2. The summed E-state index contributed by atoms with van der Waals surface area (Å²) in [7, 11) is -2.30. The van der Waals surface area contributed by atoms with Crippen LogP contribution < -0.4 is 9.44 Å². The van der Waals surface area contributed by atoms with Gasteiger partial charge in [-0.1, -0.05) is 0 Å². The standard InChI is InChI=1S/C6H9N3O2S/c1-9(12(7,10)11)6-3-2-4-8-5-6/h2-5H,1H3,(H2,7,10,11). The lowest BCUT2D eigenvalue weighted by atomic mass is 10.4. The Labute approximate surface area is 71.0 Å². The summed E-state index contributed by atoms with van der Waals surface area (Å²) in [4.78, 5) is 3.76. The van der Waals surface area contributed by atoms with E-state index in [0.717, 1.165) is 4.31 Å². The third-order valence-corrected chi connectivity index (χ3v) is 2.37. The Morgan fingerprint density at radius 1 is 1.58 bits per heavy atom. The van der Waals surface area contributed by atoms with Crippen molar-refractivity contribution in [3.05, 3.63) is 24.5 Å². The molecule has 1 heterocycles. The summed E-state index contributed by atoms with van der Waals surface area (Å²) < 4.78 is 22.6. The molecule has 0 saturated heterocycles. The van der Waals surface area contributed by atoms with E-state index in [4.69, 9.17) is 5.14 Å². The number of nitrogens with two attached hydrogens (primary N) is 1. The van der Waals surface area contributed by atoms with Gasteiger partial charge in [-0.15, -0.1) is 0 Å². The van der Waals surface area contributed by atoms with Crippen LogP contribution in [-0.2, 0) is 10.2 Å². The lowest BCUT2D eigenvalue weighted by molar-refractivity contribution is 0.596. The van der Waals surface area contributed by atoms with Crippen LogP contribution in [0.3, 0.4) is 0 Å². The maximum Gasteiger partial charge on any atom is 0.298 e. The second-order valence-electron chi connectivity index (χ2n) is 2.22. The number of nitrogens with zero attached hydrogens (tertiary/aromatic N) is 2. The predicted octanol–water partition coefficient (Wildman–Crippen LogP) is -0.279. The van der Waals surface area contributed by atoms with Gasteiger partial charge in [0.05, 0.1) is 11.9 Å². The summed E-state index contributed by atoms with van der Waals surface area (Å²) in [5, 5.41) is 4.88. The van der Waals surface area contributed by atoms with Crippen LogP contribution >= 0.6 is 0 Å². The number of rotatable bonds is 2. The van der Waals surface area contributed by atoms with Gasteiger partial charge >= 0.3 is 0 Å². The Morgan fingerprint density at radius 2 is 2.25 bits per heavy atom. The number of hydrogen-bond acceptors (Lipinski definition) is 3. The molecule has 2 N–H and O–H groups in total. The molecule has 0 amide bonds. The Balaban J connectivity index is 3.02. The van der Waals surface area contributed by atoms with Crippen molar-refractivity contribution in [2.24, 2.45) is 5.14 Å². The van der Waals surface area contributed by atoms with Crippen LogP contribution in [-0.4, -0.2) is 20.4 Å². The molecular weight excluding hydrogens is 178 g/mol. The van der Waals surface area contributed by atoms with E-state index in [1.807, 2.05) is 0 Å². The zero-order chi connectivity index (χ0) is 9.19. The highest BCUT2D eigenvalue weighted by molar-refractivity contribution is 7.90. The minimum absolute atomic E-state index is 0.444. The Kier molecular flexibility index (Phi) is 2.30. The van der Waals surface area contributed by atoms with Crippen molar-refractivity contribution in [1.82, 2.24) is 4.98 Å². The molecule has 5 nitrogen and oxygen atoms in total. The Morgan fingerprint density at radius 3 is 2.67 bits per heavy atom. The first-order valence-electron chi connectivity index (χ1n) is 3.18. The van der Waals surface area contributed by atoms with E-state index in [9.17, 15) is 8.42 Å². The number of aromatic nitrogens is 1. The monoisotopic (exact) mass is 187 g/mol. The van der Waals surface area contributed by atoms with Crippen LogP contribution in [0, 0.1) is 0 Å². The summed E-state index contributed by atoms with van der Waals surface area (Å²) in [6.07, 6.45) is 2.98. The molecular formula is C6H9N3O2S. The minimum Gasteiger partial charge on any atom is -0.263 e. The quantitative estimate of drug-likeness (QED) is 0.691. The van der Waals surface area contributed by atoms with Crippen LogP contribution in [0.5, 0.6) is 0 Å². The molecule has 0 radical (unpaired) electrons. The zero-order valence-electron chi connectivity index (χ0n) is 6.51. The van der Waals surface area contributed by atoms with Crippen molar-refractivity contribution in [2.75, 3.05) is 11.4 Å². The van der Waals surface area contributed by atoms with Crippen LogP contribution in [0.4, 0.5) is 5.69 Å². The second-order valence-corrected chi connectivity index (χ2v) is 3.80. The lowest BCUT2D eigenvalue weighted by Gasteiger charge is -2.14. The molecule has 0 aliphatic rings. The van der Waals surface area contributed by atoms with Gasteiger partial charge in [0, 0.05) is 13.2 Å². The van der Waals surface area contributed by atoms with E-state index in [0.29, 0.717) is 5.69 Å². The second kappa shape index (κ2) is 3.08. The fraction of sp³-hybridized carbons (Fsp3) is 0.167. The van der Waals surface area contributed by atoms with Gasteiger partial charge in [0.15, 0.2) is 0 Å². The molecule has 0 bridgehead atoms. The van der Waals surface area contributed by atoms with Crippen LogP contribution in [0.1, 0.15) is 0 Å². The summed E-state index contributed by atoms with van der Waals surface area (Å²) in [5.41, 5.74) is 0.444. The maximum atomic E-state index is 10.8. The molecule has 1 aromatic heterocycles. The zero-order valence-corrected chi connectivity index (χ0v) is 7.32. The smallest absolute Gasteiger partial charge is 0.263 e. The molecule has 0 aromatic carbocycles. The molecule has 6 heteroatoms. The first-order valence-corrected chi connectivity index (χ1v) is 4.69. The molecule has 0 aliphatic heterocycles. The maximum absolute atomic E-state index is 10.8. The van der Waals surface area contributed by atoms with Crippen molar-refractivity contribution >= 4 is 15.9 Å². The van der Waals surface area contributed by atoms with Gasteiger partial charge in [-0.3, -0.25) is 9.29 Å². The van der Waals surface area contributed by atoms with Crippen molar-refractivity contribution in [2.45, 2.75) is 0 Å². The van der Waals surface area contributed by atoms with Crippen LogP contribution in [0.25, 0.3) is 0 Å². The first-order chi connectivity index (χ1) is 5.52. The average molecular weight is 187 g/mol. The molecule has 66 valence electrons. The van der Waals surface area contributed by atoms with E-state index in [1.54, 1.807) is 18.3 Å². The SMILES string of the molecule is CN(c1cccnc1)S(N)(=O)=O. The summed E-state index contributed by atoms with van der Waals surface area (Å²) in [5.74, 6) is 0. The fourth-order valence-corrected chi connectivity index (χ4v) is 1.09. The summed E-state index contributed by atoms with van der Waals surface area (Å²) in [6.45, 7) is 0. The van der Waals surface area contributed by atoms with Gasteiger partial charge in [-0.05, 0) is 12.1 Å². The third-order valence-electron chi connectivity index (χ3n) is 1.39. The Bertz CT molecular complexity index is 348. The predicted molar refractivity (Wildman–Crippen MR) is 45.7 cm³/mol. The molecule has 1 aromatic rings. The van der Waals surface area contributed by atoms with Crippen molar-refractivity contribution in [1.29, 1.82) is 0 Å². The molecule has 0 atom stereocenters. The number of pyridine rings is 1. The minimum atomic E-state index is -3.66. The summed E-state index contributed by atoms with van der Waals surface area (Å²) in [6, 6.07) is 3.24. The van der Waals surface area contributed by atoms with Gasteiger partial charge in [-0.2, -0.15) is 8.42 Å². The van der Waals surface area contributed by atoms with E-state index >= 15 is 0 Å². The normalized spacial score (nSPS) is 11.2. The van der Waals surface area contributed by atoms with Gasteiger partial charge < -0.3 is 0 Å². The molecule has 1 rings (SSSR count). The third kappa shape index (κ3) is 1.93. The van der Waals surface area contributed by atoms with Crippen LogP contribution in [0.15, 0.2) is 24.5 Å². The highest BCUT2D eigenvalue weighted by Gasteiger charge is 2.11. The number of hydrogen-bond donors (Lipinski definition) is 1. The van der Waals surface area contributed by atoms with E-state index in [-0.39, 0.29) is 0 Å². The molecule has 0 spiro atoms. The topological polar surface area (TPSA) is 76.3 Å². The average Bonchev–Trinajstić information content (AvgIpc) is 2.03. The van der Waals surface area contributed by atoms with E-state index in [2.05, 4.69) is 4.98 Å².